The highest BCUT2D eigenvalue weighted by atomic mass is 16.2. The van der Waals surface area contributed by atoms with Crippen molar-refractivity contribution in [2.45, 2.75) is 13.8 Å². The van der Waals surface area contributed by atoms with Crippen LogP contribution in [-0.4, -0.2) is 62.3 Å². The molecule has 8 nitrogen and oxygen atoms in total. The molecule has 0 saturated carbocycles. The average molecular weight is 301 g/mol. The summed E-state index contributed by atoms with van der Waals surface area (Å²) >= 11 is 0. The van der Waals surface area contributed by atoms with Gasteiger partial charge in [-0.25, -0.2) is 4.98 Å². The Kier molecular flexibility index (Phi) is 3.36. The number of carbonyl (C=O) groups is 3. The molecular formula is C14H15N5O3. The number of hydrogen-bond acceptors (Lipinski definition) is 5. The van der Waals surface area contributed by atoms with Gasteiger partial charge in [-0.2, -0.15) is 5.10 Å². The fraction of sp³-hybridized carbons (Fsp3) is 0.357. The second-order valence-electron chi connectivity index (χ2n) is 4.94. The number of carbonyl (C=O) groups excluding carboxylic acids is 3. The number of aromatic nitrogens is 3. The summed E-state index contributed by atoms with van der Waals surface area (Å²) in [7, 11) is 0. The number of H-pyrrole nitrogens is 1. The van der Waals surface area contributed by atoms with Crippen LogP contribution in [0.2, 0.25) is 0 Å². The van der Waals surface area contributed by atoms with Crippen molar-refractivity contribution in [2.75, 3.05) is 19.6 Å². The Labute approximate surface area is 126 Å². The molecule has 1 N–H and O–H groups in total. The first-order valence-electron chi connectivity index (χ1n) is 7.04. The van der Waals surface area contributed by atoms with Gasteiger partial charge in [0.25, 0.3) is 11.8 Å². The number of rotatable bonds is 4. The van der Waals surface area contributed by atoms with Gasteiger partial charge in [-0.1, -0.05) is 0 Å². The molecule has 0 saturated heterocycles. The summed E-state index contributed by atoms with van der Waals surface area (Å²) < 4.78 is 0. The van der Waals surface area contributed by atoms with E-state index in [1.807, 2.05) is 13.8 Å². The van der Waals surface area contributed by atoms with E-state index in [9.17, 15) is 14.4 Å². The van der Waals surface area contributed by atoms with E-state index in [0.29, 0.717) is 24.1 Å². The molecule has 0 spiro atoms. The van der Waals surface area contributed by atoms with Crippen LogP contribution in [0.25, 0.3) is 11.0 Å². The van der Waals surface area contributed by atoms with Crippen LogP contribution in [-0.2, 0) is 4.79 Å². The van der Waals surface area contributed by atoms with Gasteiger partial charge in [-0.3, -0.25) is 24.4 Å². The third kappa shape index (κ3) is 1.95. The van der Waals surface area contributed by atoms with Gasteiger partial charge in [-0.05, 0) is 13.8 Å². The molecule has 0 aliphatic carbocycles. The Morgan fingerprint density at radius 1 is 1.23 bits per heavy atom. The average Bonchev–Trinajstić information content (AvgIpc) is 3.07. The lowest BCUT2D eigenvalue weighted by molar-refractivity contribution is -0.131. The van der Waals surface area contributed by atoms with Crippen molar-refractivity contribution in [2.24, 2.45) is 0 Å². The predicted molar refractivity (Wildman–Crippen MR) is 77.2 cm³/mol. The van der Waals surface area contributed by atoms with Crippen LogP contribution >= 0.6 is 0 Å². The number of hydrogen-bond donors (Lipinski definition) is 1. The molecule has 0 unspecified atom stereocenters. The van der Waals surface area contributed by atoms with Crippen molar-refractivity contribution in [3.63, 3.8) is 0 Å². The van der Waals surface area contributed by atoms with Crippen LogP contribution in [0.3, 0.4) is 0 Å². The molecule has 3 rings (SSSR count). The second kappa shape index (κ2) is 5.21. The fourth-order valence-corrected chi connectivity index (χ4v) is 2.62. The van der Waals surface area contributed by atoms with Crippen LogP contribution in [0, 0.1) is 0 Å². The SMILES string of the molecule is CCN(CC)C(=O)CN1C(=O)c2cnc3[nH]ncc3c2C1=O. The molecule has 114 valence electrons. The highest BCUT2D eigenvalue weighted by molar-refractivity contribution is 6.26. The van der Waals surface area contributed by atoms with E-state index in [0.717, 1.165) is 4.90 Å². The van der Waals surface area contributed by atoms with E-state index in [2.05, 4.69) is 15.2 Å². The Bertz CT molecular complexity index is 778. The maximum atomic E-state index is 12.5. The Hall–Kier alpha value is -2.77. The van der Waals surface area contributed by atoms with Crippen molar-refractivity contribution in [3.05, 3.63) is 23.5 Å². The van der Waals surface area contributed by atoms with Crippen molar-refractivity contribution in [1.29, 1.82) is 0 Å². The van der Waals surface area contributed by atoms with Crippen molar-refractivity contribution >= 4 is 28.8 Å². The standard InChI is InChI=1S/C14H15N5O3/c1-3-18(4-2)10(20)7-19-13(21)9-5-15-12-8(6-16-17-12)11(9)14(19)22/h5-6H,3-4,7H2,1-2H3,(H,15,16,17). The number of amides is 3. The summed E-state index contributed by atoms with van der Waals surface area (Å²) in [6.07, 6.45) is 2.81. The van der Waals surface area contributed by atoms with Gasteiger partial charge in [0.2, 0.25) is 5.91 Å². The monoisotopic (exact) mass is 301 g/mol. The first-order valence-corrected chi connectivity index (χ1v) is 7.04. The van der Waals surface area contributed by atoms with Gasteiger partial charge < -0.3 is 4.90 Å². The molecule has 22 heavy (non-hydrogen) atoms. The van der Waals surface area contributed by atoms with Crippen LogP contribution in [0.4, 0.5) is 0 Å². The number of aromatic amines is 1. The topological polar surface area (TPSA) is 99.3 Å². The van der Waals surface area contributed by atoms with Gasteiger partial charge in [0.1, 0.15) is 6.54 Å². The molecule has 0 bridgehead atoms. The molecule has 8 heteroatoms. The van der Waals surface area contributed by atoms with E-state index in [4.69, 9.17) is 0 Å². The zero-order valence-electron chi connectivity index (χ0n) is 12.3. The summed E-state index contributed by atoms with van der Waals surface area (Å²) in [5, 5.41) is 6.99. The van der Waals surface area contributed by atoms with Gasteiger partial charge in [0, 0.05) is 19.3 Å². The largest absolute Gasteiger partial charge is 0.342 e. The number of nitrogens with one attached hydrogen (secondary N) is 1. The van der Waals surface area contributed by atoms with E-state index in [1.165, 1.54) is 12.4 Å². The van der Waals surface area contributed by atoms with Crippen LogP contribution in [0.15, 0.2) is 12.4 Å². The molecule has 1 aliphatic heterocycles. The first kappa shape index (κ1) is 14.2. The maximum absolute atomic E-state index is 12.5. The maximum Gasteiger partial charge on any atom is 0.263 e. The minimum Gasteiger partial charge on any atom is -0.342 e. The minimum atomic E-state index is -0.490. The Morgan fingerprint density at radius 3 is 2.64 bits per heavy atom. The number of nitrogens with zero attached hydrogens (tertiary/aromatic N) is 4. The van der Waals surface area contributed by atoms with Gasteiger partial charge in [-0.15, -0.1) is 0 Å². The summed E-state index contributed by atoms with van der Waals surface area (Å²) in [5.74, 6) is -1.22. The number of fused-ring (bicyclic) bond motifs is 3. The summed E-state index contributed by atoms with van der Waals surface area (Å²) in [4.78, 5) is 43.7. The van der Waals surface area contributed by atoms with E-state index < -0.39 is 11.8 Å². The van der Waals surface area contributed by atoms with Crippen LogP contribution in [0.5, 0.6) is 0 Å². The molecular weight excluding hydrogens is 286 g/mol. The minimum absolute atomic E-state index is 0.214. The first-order chi connectivity index (χ1) is 10.6. The van der Waals surface area contributed by atoms with Crippen molar-refractivity contribution in [3.8, 4) is 0 Å². The van der Waals surface area contributed by atoms with Gasteiger partial charge in [0.15, 0.2) is 5.65 Å². The molecule has 3 amide bonds. The van der Waals surface area contributed by atoms with E-state index in [-0.39, 0.29) is 23.6 Å². The second-order valence-corrected chi connectivity index (χ2v) is 4.94. The quantitative estimate of drug-likeness (QED) is 0.825. The summed E-state index contributed by atoms with van der Waals surface area (Å²) in [6.45, 7) is 4.51. The lowest BCUT2D eigenvalue weighted by Crippen LogP contribution is -2.42. The normalized spacial score (nSPS) is 13.8. The Balaban J connectivity index is 1.95. The molecule has 3 heterocycles. The van der Waals surface area contributed by atoms with Crippen molar-refractivity contribution in [1.82, 2.24) is 25.0 Å². The Morgan fingerprint density at radius 2 is 1.95 bits per heavy atom. The molecule has 2 aromatic heterocycles. The molecule has 1 aliphatic rings. The van der Waals surface area contributed by atoms with E-state index in [1.54, 1.807) is 4.90 Å². The molecule has 0 atom stereocenters. The fourth-order valence-electron chi connectivity index (χ4n) is 2.62. The lowest BCUT2D eigenvalue weighted by atomic mass is 10.1. The highest BCUT2D eigenvalue weighted by Gasteiger charge is 2.39. The van der Waals surface area contributed by atoms with Gasteiger partial charge >= 0.3 is 0 Å². The lowest BCUT2D eigenvalue weighted by Gasteiger charge is -2.21. The third-order valence-corrected chi connectivity index (χ3v) is 3.82. The molecule has 0 aromatic carbocycles. The third-order valence-electron chi connectivity index (χ3n) is 3.82. The van der Waals surface area contributed by atoms with Crippen LogP contribution in [0.1, 0.15) is 34.6 Å². The molecule has 0 radical (unpaired) electrons. The number of likely N-dealkylation sites (N-methyl/N-ethyl adjacent to an activating group) is 1. The summed E-state index contributed by atoms with van der Waals surface area (Å²) in [6, 6.07) is 0. The zero-order valence-corrected chi connectivity index (χ0v) is 12.3. The highest BCUT2D eigenvalue weighted by Crippen LogP contribution is 2.27. The van der Waals surface area contributed by atoms with Crippen molar-refractivity contribution < 1.29 is 14.4 Å². The summed E-state index contributed by atoms with van der Waals surface area (Å²) in [5.41, 5.74) is 0.916. The van der Waals surface area contributed by atoms with Crippen LogP contribution < -0.4 is 0 Å². The zero-order chi connectivity index (χ0) is 15.9. The smallest absolute Gasteiger partial charge is 0.263 e. The number of pyridine rings is 1. The predicted octanol–water partition coefficient (Wildman–Crippen LogP) is 0.422. The van der Waals surface area contributed by atoms with Gasteiger partial charge in [0.05, 0.1) is 22.7 Å². The number of imide groups is 1. The van der Waals surface area contributed by atoms with E-state index >= 15 is 0 Å². The molecule has 0 fully saturated rings. The molecule has 2 aromatic rings.